The van der Waals surface area contributed by atoms with Gasteiger partial charge in [0.1, 0.15) is 12.4 Å². The van der Waals surface area contributed by atoms with Crippen LogP contribution in [0.15, 0.2) is 42.5 Å². The van der Waals surface area contributed by atoms with Gasteiger partial charge < -0.3 is 24.4 Å². The Hall–Kier alpha value is -2.58. The van der Waals surface area contributed by atoms with Gasteiger partial charge in [-0.15, -0.1) is 0 Å². The van der Waals surface area contributed by atoms with Crippen molar-refractivity contribution < 1.29 is 27.8 Å². The van der Waals surface area contributed by atoms with Gasteiger partial charge in [0.25, 0.3) is 0 Å². The zero-order chi connectivity index (χ0) is 21.2. The quantitative estimate of drug-likeness (QED) is 0.540. The summed E-state index contributed by atoms with van der Waals surface area (Å²) < 4.78 is 39.6. The molecule has 2 aromatic carbocycles. The summed E-state index contributed by atoms with van der Waals surface area (Å²) in [6, 6.07) is 10.8. The first kappa shape index (κ1) is 22.7. The lowest BCUT2D eigenvalue weighted by atomic mass is 10.2. The molecule has 0 spiro atoms. The van der Waals surface area contributed by atoms with Crippen LogP contribution in [0.4, 0.5) is 19.3 Å². The van der Waals surface area contributed by atoms with Gasteiger partial charge in [-0.1, -0.05) is 29.8 Å². The molecule has 0 aliphatic carbocycles. The van der Waals surface area contributed by atoms with E-state index in [9.17, 15) is 13.6 Å². The van der Waals surface area contributed by atoms with Gasteiger partial charge in [0.15, 0.2) is 5.75 Å². The maximum Gasteiger partial charge on any atom is 0.387 e. The molecule has 0 radical (unpaired) electrons. The topological polar surface area (TPSA) is 60.0 Å². The summed E-state index contributed by atoms with van der Waals surface area (Å²) in [7, 11) is 1.61. The average Bonchev–Trinajstić information content (AvgIpc) is 2.68. The summed E-state index contributed by atoms with van der Waals surface area (Å²) in [5.41, 5.74) is 1.19. The second kappa shape index (κ2) is 11.4. The first-order chi connectivity index (χ1) is 13.9. The Labute approximate surface area is 173 Å². The molecule has 0 bridgehead atoms. The molecule has 0 saturated carbocycles. The molecular weight excluding hydrogens is 406 g/mol. The van der Waals surface area contributed by atoms with Gasteiger partial charge in [0.2, 0.25) is 0 Å². The second-order valence-electron chi connectivity index (χ2n) is 5.97. The van der Waals surface area contributed by atoms with Crippen molar-refractivity contribution >= 4 is 23.3 Å². The SMILES string of the molecule is CCOCCOc1c(Cl)cccc1NC(=O)N(C)Cc1ccc(OC(F)F)cc1. The van der Waals surface area contributed by atoms with Gasteiger partial charge in [-0.3, -0.25) is 0 Å². The Morgan fingerprint density at radius 3 is 2.55 bits per heavy atom. The van der Waals surface area contributed by atoms with Crippen molar-refractivity contribution in [1.29, 1.82) is 0 Å². The van der Waals surface area contributed by atoms with Gasteiger partial charge in [-0.2, -0.15) is 8.78 Å². The van der Waals surface area contributed by atoms with E-state index in [0.29, 0.717) is 36.3 Å². The van der Waals surface area contributed by atoms with Crippen LogP contribution < -0.4 is 14.8 Å². The predicted octanol–water partition coefficient (Wildman–Crippen LogP) is 5.02. The highest BCUT2D eigenvalue weighted by molar-refractivity contribution is 6.32. The van der Waals surface area contributed by atoms with E-state index in [2.05, 4.69) is 10.1 Å². The van der Waals surface area contributed by atoms with Crippen LogP contribution in [-0.4, -0.2) is 44.4 Å². The number of rotatable bonds is 10. The van der Waals surface area contributed by atoms with Gasteiger partial charge in [0.05, 0.1) is 17.3 Å². The summed E-state index contributed by atoms with van der Waals surface area (Å²) in [5, 5.41) is 3.13. The fourth-order valence-electron chi connectivity index (χ4n) is 2.43. The largest absolute Gasteiger partial charge is 0.487 e. The van der Waals surface area contributed by atoms with Crippen LogP contribution >= 0.6 is 11.6 Å². The van der Waals surface area contributed by atoms with Crippen LogP contribution in [0.5, 0.6) is 11.5 Å². The summed E-state index contributed by atoms with van der Waals surface area (Å²) in [6.07, 6.45) is 0. The summed E-state index contributed by atoms with van der Waals surface area (Å²) in [4.78, 5) is 14.0. The van der Waals surface area contributed by atoms with E-state index in [-0.39, 0.29) is 18.3 Å². The van der Waals surface area contributed by atoms with Gasteiger partial charge >= 0.3 is 12.6 Å². The second-order valence-corrected chi connectivity index (χ2v) is 6.38. The highest BCUT2D eigenvalue weighted by Crippen LogP contribution is 2.33. The van der Waals surface area contributed by atoms with Crippen LogP contribution in [0, 0.1) is 0 Å². The molecule has 0 aliphatic rings. The van der Waals surface area contributed by atoms with Gasteiger partial charge in [-0.25, -0.2) is 4.79 Å². The van der Waals surface area contributed by atoms with Crippen LogP contribution in [-0.2, 0) is 11.3 Å². The summed E-state index contributed by atoms with van der Waals surface area (Å²) in [5.74, 6) is 0.424. The smallest absolute Gasteiger partial charge is 0.387 e. The van der Waals surface area contributed by atoms with Crippen molar-refractivity contribution in [3.63, 3.8) is 0 Å². The molecule has 0 atom stereocenters. The number of ether oxygens (including phenoxy) is 3. The molecule has 2 aromatic rings. The number of benzene rings is 2. The normalized spacial score (nSPS) is 10.7. The minimum atomic E-state index is -2.88. The van der Waals surface area contributed by atoms with E-state index < -0.39 is 6.61 Å². The van der Waals surface area contributed by atoms with Crippen LogP contribution in [0.2, 0.25) is 5.02 Å². The zero-order valence-corrected chi connectivity index (χ0v) is 16.9. The number of para-hydroxylation sites is 1. The van der Waals surface area contributed by atoms with Crippen molar-refractivity contribution in [3.05, 3.63) is 53.1 Å². The van der Waals surface area contributed by atoms with E-state index in [1.165, 1.54) is 17.0 Å². The lowest BCUT2D eigenvalue weighted by molar-refractivity contribution is -0.0498. The van der Waals surface area contributed by atoms with Crippen LogP contribution in [0.3, 0.4) is 0 Å². The third-order valence-corrected chi connectivity index (χ3v) is 4.10. The molecule has 0 aliphatic heterocycles. The number of nitrogens with one attached hydrogen (secondary N) is 1. The van der Waals surface area contributed by atoms with Crippen LogP contribution in [0.25, 0.3) is 0 Å². The number of nitrogens with zero attached hydrogens (tertiary/aromatic N) is 1. The minimum Gasteiger partial charge on any atom is -0.487 e. The Morgan fingerprint density at radius 1 is 1.17 bits per heavy atom. The fraction of sp³-hybridized carbons (Fsp3) is 0.350. The highest BCUT2D eigenvalue weighted by Gasteiger charge is 2.15. The number of urea groups is 1. The Morgan fingerprint density at radius 2 is 1.90 bits per heavy atom. The molecule has 0 aromatic heterocycles. The average molecular weight is 429 g/mol. The lowest BCUT2D eigenvalue weighted by Crippen LogP contribution is -2.31. The molecular formula is C20H23ClF2N2O4. The molecule has 158 valence electrons. The van der Waals surface area contributed by atoms with Crippen molar-refractivity contribution in [3.8, 4) is 11.5 Å². The van der Waals surface area contributed by atoms with E-state index in [1.807, 2.05) is 6.92 Å². The minimum absolute atomic E-state index is 0.0589. The molecule has 1 N–H and O–H groups in total. The lowest BCUT2D eigenvalue weighted by Gasteiger charge is -2.20. The molecule has 0 heterocycles. The highest BCUT2D eigenvalue weighted by atomic mass is 35.5. The number of halogens is 3. The number of carbonyl (C=O) groups excluding carboxylic acids is 1. The maximum absolute atomic E-state index is 12.5. The van der Waals surface area contributed by atoms with Gasteiger partial charge in [-0.05, 0) is 36.8 Å². The fourth-order valence-corrected chi connectivity index (χ4v) is 2.66. The third kappa shape index (κ3) is 7.40. The Kier molecular flexibility index (Phi) is 8.95. The van der Waals surface area contributed by atoms with E-state index in [4.69, 9.17) is 21.1 Å². The van der Waals surface area contributed by atoms with Crippen LogP contribution in [0.1, 0.15) is 12.5 Å². The predicted molar refractivity (Wildman–Crippen MR) is 107 cm³/mol. The number of anilines is 1. The molecule has 9 heteroatoms. The number of alkyl halides is 2. The van der Waals surface area contributed by atoms with E-state index in [0.717, 1.165) is 5.56 Å². The van der Waals surface area contributed by atoms with Crippen molar-refractivity contribution in [2.75, 3.05) is 32.2 Å². The number of hydrogen-bond acceptors (Lipinski definition) is 4. The van der Waals surface area contributed by atoms with E-state index in [1.54, 1.807) is 37.4 Å². The van der Waals surface area contributed by atoms with Crippen molar-refractivity contribution in [2.45, 2.75) is 20.1 Å². The monoisotopic (exact) mass is 428 g/mol. The molecule has 2 rings (SSSR count). The molecule has 6 nitrogen and oxygen atoms in total. The third-order valence-electron chi connectivity index (χ3n) is 3.80. The summed E-state index contributed by atoms with van der Waals surface area (Å²) in [6.45, 7) is 0.550. The van der Waals surface area contributed by atoms with Gasteiger partial charge in [0, 0.05) is 20.2 Å². The zero-order valence-electron chi connectivity index (χ0n) is 16.2. The molecule has 0 saturated heterocycles. The molecule has 2 amide bonds. The first-order valence-corrected chi connectivity index (χ1v) is 9.33. The number of carbonyl (C=O) groups is 1. The van der Waals surface area contributed by atoms with Crippen molar-refractivity contribution in [2.24, 2.45) is 0 Å². The molecule has 29 heavy (non-hydrogen) atoms. The standard InChI is InChI=1S/C20H23ClF2N2O4/c1-3-27-11-12-28-18-16(21)5-4-6-17(18)24-20(26)25(2)13-14-7-9-15(10-8-14)29-19(22)23/h4-10,19H,3,11-13H2,1-2H3,(H,24,26). The summed E-state index contributed by atoms with van der Waals surface area (Å²) >= 11 is 6.19. The van der Waals surface area contributed by atoms with E-state index >= 15 is 0 Å². The van der Waals surface area contributed by atoms with Crippen molar-refractivity contribution in [1.82, 2.24) is 4.90 Å². The maximum atomic E-state index is 12.5. The Balaban J connectivity index is 1.97. The molecule has 0 fully saturated rings. The Bertz CT molecular complexity index is 791. The number of amides is 2. The first-order valence-electron chi connectivity index (χ1n) is 8.95. The number of hydrogen-bond donors (Lipinski definition) is 1. The molecule has 0 unspecified atom stereocenters.